The molecule has 0 spiro atoms. The molecule has 0 unspecified atom stereocenters. The van der Waals surface area contributed by atoms with Crippen LogP contribution in [0.25, 0.3) is 11.1 Å². The van der Waals surface area contributed by atoms with Crippen molar-refractivity contribution >= 4 is 17.5 Å². The summed E-state index contributed by atoms with van der Waals surface area (Å²) in [5.41, 5.74) is 3.71. The van der Waals surface area contributed by atoms with Crippen LogP contribution in [0.15, 0.2) is 36.8 Å². The number of rotatable bonds is 5. The Hall–Kier alpha value is -3.82. The third-order valence-electron chi connectivity index (χ3n) is 4.14. The first kappa shape index (κ1) is 16.6. The van der Waals surface area contributed by atoms with Crippen molar-refractivity contribution in [3.63, 3.8) is 0 Å². The smallest absolute Gasteiger partial charge is 0.251 e. The van der Waals surface area contributed by atoms with Gasteiger partial charge in [-0.15, -0.1) is 5.10 Å². The Labute approximate surface area is 153 Å². The summed E-state index contributed by atoms with van der Waals surface area (Å²) in [6, 6.07) is 7.34. The van der Waals surface area contributed by atoms with E-state index in [1.807, 2.05) is 12.1 Å². The van der Waals surface area contributed by atoms with Crippen molar-refractivity contribution in [3.05, 3.63) is 47.9 Å². The summed E-state index contributed by atoms with van der Waals surface area (Å²) in [5, 5.41) is 16.2. The van der Waals surface area contributed by atoms with Crippen LogP contribution in [0.1, 0.15) is 15.9 Å². The van der Waals surface area contributed by atoms with Crippen molar-refractivity contribution in [1.82, 2.24) is 30.5 Å². The number of amides is 2. The van der Waals surface area contributed by atoms with Crippen LogP contribution in [-0.2, 0) is 17.9 Å². The van der Waals surface area contributed by atoms with E-state index in [4.69, 9.17) is 4.74 Å². The van der Waals surface area contributed by atoms with E-state index >= 15 is 0 Å². The highest BCUT2D eigenvalue weighted by atomic mass is 16.5. The fourth-order valence-electron chi connectivity index (χ4n) is 2.86. The highest BCUT2D eigenvalue weighted by molar-refractivity contribution is 5.99. The van der Waals surface area contributed by atoms with Gasteiger partial charge >= 0.3 is 0 Å². The van der Waals surface area contributed by atoms with Gasteiger partial charge in [0.25, 0.3) is 5.91 Å². The molecular formula is C17H15N7O3. The van der Waals surface area contributed by atoms with Crippen molar-refractivity contribution < 1.29 is 14.3 Å². The number of nitrogens with one attached hydrogen (secondary N) is 2. The molecule has 0 fully saturated rings. The van der Waals surface area contributed by atoms with Crippen LogP contribution in [0.2, 0.25) is 0 Å². The number of methoxy groups -OCH3 is 1. The average Bonchev–Trinajstić information content (AvgIpc) is 3.31. The molecule has 1 aliphatic rings. The van der Waals surface area contributed by atoms with E-state index in [9.17, 15) is 9.59 Å². The summed E-state index contributed by atoms with van der Waals surface area (Å²) in [7, 11) is 1.48. The highest BCUT2D eigenvalue weighted by Crippen LogP contribution is 2.30. The zero-order chi connectivity index (χ0) is 18.8. The first-order chi connectivity index (χ1) is 13.1. The Morgan fingerprint density at radius 2 is 2.22 bits per heavy atom. The molecule has 0 saturated heterocycles. The molecule has 0 atom stereocenters. The molecule has 2 aromatic heterocycles. The second-order valence-electron chi connectivity index (χ2n) is 5.89. The minimum Gasteiger partial charge on any atom is -0.480 e. The van der Waals surface area contributed by atoms with Crippen LogP contribution in [-0.4, -0.2) is 44.1 Å². The predicted octanol–water partition coefficient (Wildman–Crippen LogP) is 0.626. The standard InChI is InChI=1S/C17H15N7O3/c1-27-17-14(21-15(25)8-24-9-20-22-23-24)5-11(6-19-17)10-2-3-13-12(4-10)7-18-16(13)26/h2-6,9H,7-8H2,1H3,(H,18,26)(H,21,25). The maximum atomic E-state index is 12.2. The first-order valence-corrected chi connectivity index (χ1v) is 8.10. The molecule has 1 aromatic carbocycles. The molecule has 2 amide bonds. The topological polar surface area (TPSA) is 124 Å². The molecule has 136 valence electrons. The second kappa shape index (κ2) is 6.83. The summed E-state index contributed by atoms with van der Waals surface area (Å²) < 4.78 is 6.54. The minimum absolute atomic E-state index is 0.0347. The van der Waals surface area contributed by atoms with Crippen molar-refractivity contribution in [1.29, 1.82) is 0 Å². The van der Waals surface area contributed by atoms with Crippen LogP contribution in [0.3, 0.4) is 0 Å². The number of pyridine rings is 1. The van der Waals surface area contributed by atoms with Crippen molar-refractivity contribution in [2.75, 3.05) is 12.4 Å². The van der Waals surface area contributed by atoms with Gasteiger partial charge in [0.05, 0.1) is 7.11 Å². The lowest BCUT2D eigenvalue weighted by Gasteiger charge is -2.11. The predicted molar refractivity (Wildman–Crippen MR) is 93.8 cm³/mol. The molecule has 3 heterocycles. The Morgan fingerprint density at radius 1 is 1.33 bits per heavy atom. The van der Waals surface area contributed by atoms with Gasteiger partial charge in [-0.1, -0.05) is 6.07 Å². The molecule has 1 aliphatic heterocycles. The summed E-state index contributed by atoms with van der Waals surface area (Å²) in [6.07, 6.45) is 3.01. The molecule has 3 aromatic rings. The minimum atomic E-state index is -0.316. The Morgan fingerprint density at radius 3 is 3.00 bits per heavy atom. The van der Waals surface area contributed by atoms with Gasteiger partial charge in [0.2, 0.25) is 11.8 Å². The summed E-state index contributed by atoms with van der Waals surface area (Å²) >= 11 is 0. The summed E-state index contributed by atoms with van der Waals surface area (Å²) in [5.74, 6) is -0.0925. The quantitative estimate of drug-likeness (QED) is 0.679. The molecule has 4 rings (SSSR count). The summed E-state index contributed by atoms with van der Waals surface area (Å²) in [6.45, 7) is 0.466. The lowest BCUT2D eigenvalue weighted by atomic mass is 10.0. The van der Waals surface area contributed by atoms with Crippen molar-refractivity contribution in [2.24, 2.45) is 0 Å². The average molecular weight is 365 g/mol. The number of hydrogen-bond donors (Lipinski definition) is 2. The lowest BCUT2D eigenvalue weighted by Crippen LogP contribution is -2.19. The van der Waals surface area contributed by atoms with Crippen LogP contribution < -0.4 is 15.4 Å². The molecule has 10 heteroatoms. The van der Waals surface area contributed by atoms with Crippen LogP contribution in [0, 0.1) is 0 Å². The molecular weight excluding hydrogens is 350 g/mol. The van der Waals surface area contributed by atoms with Gasteiger partial charge in [-0.3, -0.25) is 9.59 Å². The highest BCUT2D eigenvalue weighted by Gasteiger charge is 2.19. The van der Waals surface area contributed by atoms with Gasteiger partial charge in [-0.2, -0.15) is 0 Å². The maximum Gasteiger partial charge on any atom is 0.251 e. The van der Waals surface area contributed by atoms with Gasteiger partial charge < -0.3 is 15.4 Å². The normalized spacial score (nSPS) is 12.4. The zero-order valence-corrected chi connectivity index (χ0v) is 14.3. The molecule has 27 heavy (non-hydrogen) atoms. The Kier molecular flexibility index (Phi) is 4.21. The number of anilines is 1. The van der Waals surface area contributed by atoms with E-state index < -0.39 is 0 Å². The zero-order valence-electron chi connectivity index (χ0n) is 14.3. The monoisotopic (exact) mass is 365 g/mol. The largest absolute Gasteiger partial charge is 0.480 e. The Bertz CT molecular complexity index is 1020. The second-order valence-corrected chi connectivity index (χ2v) is 5.89. The fourth-order valence-corrected chi connectivity index (χ4v) is 2.86. The van der Waals surface area contributed by atoms with E-state index in [1.165, 1.54) is 18.1 Å². The van der Waals surface area contributed by atoms with Gasteiger partial charge in [-0.05, 0) is 39.8 Å². The molecule has 10 nitrogen and oxygen atoms in total. The lowest BCUT2D eigenvalue weighted by molar-refractivity contribution is -0.116. The van der Waals surface area contributed by atoms with Gasteiger partial charge in [0.1, 0.15) is 18.6 Å². The first-order valence-electron chi connectivity index (χ1n) is 8.10. The number of hydrogen-bond acceptors (Lipinski definition) is 7. The van der Waals surface area contributed by atoms with E-state index in [0.29, 0.717) is 23.7 Å². The number of carbonyl (C=O) groups is 2. The van der Waals surface area contributed by atoms with E-state index in [-0.39, 0.29) is 18.4 Å². The van der Waals surface area contributed by atoms with Crippen molar-refractivity contribution in [3.8, 4) is 17.0 Å². The van der Waals surface area contributed by atoms with Gasteiger partial charge in [0.15, 0.2) is 0 Å². The molecule has 0 saturated carbocycles. The van der Waals surface area contributed by atoms with Crippen LogP contribution in [0.5, 0.6) is 5.88 Å². The summed E-state index contributed by atoms with van der Waals surface area (Å²) in [4.78, 5) is 28.2. The third kappa shape index (κ3) is 3.32. The van der Waals surface area contributed by atoms with Crippen LogP contribution in [0.4, 0.5) is 5.69 Å². The maximum absolute atomic E-state index is 12.2. The molecule has 0 radical (unpaired) electrons. The number of ether oxygens (including phenoxy) is 1. The molecule has 0 aliphatic carbocycles. The van der Waals surface area contributed by atoms with E-state index in [2.05, 4.69) is 31.1 Å². The fraction of sp³-hybridized carbons (Fsp3) is 0.176. The van der Waals surface area contributed by atoms with Gasteiger partial charge in [0, 0.05) is 23.9 Å². The number of aromatic nitrogens is 5. The van der Waals surface area contributed by atoms with Gasteiger partial charge in [-0.25, -0.2) is 9.67 Å². The van der Waals surface area contributed by atoms with E-state index in [0.717, 1.165) is 16.7 Å². The number of benzene rings is 1. The SMILES string of the molecule is COc1ncc(-c2ccc3c(c2)CNC3=O)cc1NC(=O)Cn1cnnn1. The number of fused-ring (bicyclic) bond motifs is 1. The Balaban J connectivity index is 1.61. The third-order valence-corrected chi connectivity index (χ3v) is 4.14. The number of tetrazole rings is 1. The molecule has 0 bridgehead atoms. The van der Waals surface area contributed by atoms with Crippen molar-refractivity contribution in [2.45, 2.75) is 13.1 Å². The number of nitrogens with zero attached hydrogens (tertiary/aromatic N) is 5. The molecule has 2 N–H and O–H groups in total. The van der Waals surface area contributed by atoms with E-state index in [1.54, 1.807) is 18.3 Å². The number of carbonyl (C=O) groups excluding carboxylic acids is 2. The van der Waals surface area contributed by atoms with Crippen LogP contribution >= 0.6 is 0 Å².